The zero-order chi connectivity index (χ0) is 11.3. The number of benzene rings is 1. The van der Waals surface area contributed by atoms with Crippen LogP contribution in [-0.2, 0) is 0 Å². The number of nitrogens with two attached hydrogens (primary N) is 1. The molecule has 0 fully saturated rings. The van der Waals surface area contributed by atoms with E-state index < -0.39 is 0 Å². The molecule has 3 N–H and O–H groups in total. The summed E-state index contributed by atoms with van der Waals surface area (Å²) >= 11 is 0. The number of aliphatic hydroxyl groups excluding tert-OH is 1. The first-order chi connectivity index (χ1) is 7.09. The largest absolute Gasteiger partial charge is 0.393 e. The average molecular weight is 207 g/mol. The highest BCUT2D eigenvalue weighted by molar-refractivity contribution is 5.18. The first kappa shape index (κ1) is 12.2. The number of aliphatic hydroxyl groups is 1. The van der Waals surface area contributed by atoms with Crippen LogP contribution in [0.2, 0.25) is 0 Å². The molecule has 2 atom stereocenters. The molecule has 0 saturated heterocycles. The second kappa shape index (κ2) is 5.89. The minimum absolute atomic E-state index is 0.0556. The van der Waals surface area contributed by atoms with Crippen LogP contribution in [0.15, 0.2) is 30.3 Å². The molecule has 0 spiro atoms. The van der Waals surface area contributed by atoms with Crippen molar-refractivity contribution in [3.8, 4) is 0 Å². The lowest BCUT2D eigenvalue weighted by molar-refractivity contribution is 0.131. The van der Waals surface area contributed by atoms with Gasteiger partial charge >= 0.3 is 0 Å². The number of hydrogen-bond donors (Lipinski definition) is 2. The molecule has 0 aliphatic rings. The fraction of sp³-hybridized carbons (Fsp3) is 0.538. The zero-order valence-corrected chi connectivity index (χ0v) is 9.56. The third kappa shape index (κ3) is 4.45. The minimum Gasteiger partial charge on any atom is -0.393 e. The van der Waals surface area contributed by atoms with Crippen LogP contribution < -0.4 is 5.73 Å². The van der Waals surface area contributed by atoms with Crippen LogP contribution in [0.1, 0.15) is 38.3 Å². The van der Waals surface area contributed by atoms with Crippen LogP contribution in [0.25, 0.3) is 0 Å². The van der Waals surface area contributed by atoms with Gasteiger partial charge in [-0.05, 0) is 24.3 Å². The third-order valence-electron chi connectivity index (χ3n) is 2.50. The second-order valence-corrected chi connectivity index (χ2v) is 4.54. The normalized spacial score (nSPS) is 15.3. The van der Waals surface area contributed by atoms with Crippen LogP contribution in [0.4, 0.5) is 0 Å². The number of hydrogen-bond acceptors (Lipinski definition) is 2. The Morgan fingerprint density at radius 3 is 2.27 bits per heavy atom. The van der Waals surface area contributed by atoms with Crippen LogP contribution in [0, 0.1) is 5.92 Å². The molecule has 15 heavy (non-hydrogen) atoms. The Morgan fingerprint density at radius 2 is 1.73 bits per heavy atom. The highest BCUT2D eigenvalue weighted by Crippen LogP contribution is 2.18. The molecule has 1 rings (SSSR count). The molecule has 0 radical (unpaired) electrons. The molecule has 0 heterocycles. The van der Waals surface area contributed by atoms with E-state index in [1.165, 1.54) is 0 Å². The van der Waals surface area contributed by atoms with E-state index in [0.29, 0.717) is 12.3 Å². The summed E-state index contributed by atoms with van der Waals surface area (Å²) in [5, 5.41) is 9.77. The fourth-order valence-electron chi connectivity index (χ4n) is 1.77. The smallest absolute Gasteiger partial charge is 0.0560 e. The van der Waals surface area contributed by atoms with E-state index >= 15 is 0 Å². The van der Waals surface area contributed by atoms with Gasteiger partial charge in [0.15, 0.2) is 0 Å². The molecule has 1 aromatic rings. The molecule has 1 aromatic carbocycles. The van der Waals surface area contributed by atoms with Gasteiger partial charge in [-0.25, -0.2) is 0 Å². The van der Waals surface area contributed by atoms with Gasteiger partial charge in [-0.2, -0.15) is 0 Å². The Bertz CT molecular complexity index is 271. The van der Waals surface area contributed by atoms with Gasteiger partial charge in [0.25, 0.3) is 0 Å². The van der Waals surface area contributed by atoms with E-state index in [4.69, 9.17) is 5.73 Å². The van der Waals surface area contributed by atoms with Crippen molar-refractivity contribution in [1.82, 2.24) is 0 Å². The molecular formula is C13H21NO. The van der Waals surface area contributed by atoms with Crippen LogP contribution in [-0.4, -0.2) is 11.2 Å². The molecule has 0 saturated carbocycles. The van der Waals surface area contributed by atoms with Gasteiger partial charge in [-0.1, -0.05) is 44.2 Å². The van der Waals surface area contributed by atoms with Crippen molar-refractivity contribution in [1.29, 1.82) is 0 Å². The first-order valence-electron chi connectivity index (χ1n) is 5.58. The van der Waals surface area contributed by atoms with Gasteiger partial charge in [-0.3, -0.25) is 0 Å². The van der Waals surface area contributed by atoms with Gasteiger partial charge < -0.3 is 10.8 Å². The molecule has 0 aromatic heterocycles. The Hall–Kier alpha value is -0.860. The predicted molar refractivity (Wildman–Crippen MR) is 63.4 cm³/mol. The SMILES string of the molecule is CC(C)C[C@@H](O)C[C@H](N)c1ccccc1. The highest BCUT2D eigenvalue weighted by Gasteiger charge is 2.13. The lowest BCUT2D eigenvalue weighted by atomic mass is 9.96. The molecule has 0 unspecified atom stereocenters. The van der Waals surface area contributed by atoms with Gasteiger partial charge in [0.2, 0.25) is 0 Å². The Kier molecular flexibility index (Phi) is 4.79. The monoisotopic (exact) mass is 207 g/mol. The van der Waals surface area contributed by atoms with E-state index in [2.05, 4.69) is 13.8 Å². The molecule has 0 bridgehead atoms. The lowest BCUT2D eigenvalue weighted by Gasteiger charge is -2.18. The van der Waals surface area contributed by atoms with Crippen molar-refractivity contribution in [2.75, 3.05) is 0 Å². The summed E-state index contributed by atoms with van der Waals surface area (Å²) in [6.45, 7) is 4.22. The van der Waals surface area contributed by atoms with Crippen molar-refractivity contribution in [2.45, 2.75) is 38.8 Å². The highest BCUT2D eigenvalue weighted by atomic mass is 16.3. The van der Waals surface area contributed by atoms with E-state index in [1.807, 2.05) is 30.3 Å². The molecule has 2 nitrogen and oxygen atoms in total. The van der Waals surface area contributed by atoms with Crippen molar-refractivity contribution >= 4 is 0 Å². The predicted octanol–water partition coefficient (Wildman–Crippen LogP) is 2.48. The van der Waals surface area contributed by atoms with E-state index in [9.17, 15) is 5.11 Å². The van der Waals surface area contributed by atoms with Crippen molar-refractivity contribution < 1.29 is 5.11 Å². The lowest BCUT2D eigenvalue weighted by Crippen LogP contribution is -2.20. The molecule has 0 aliphatic heterocycles. The molecule has 84 valence electrons. The fourth-order valence-corrected chi connectivity index (χ4v) is 1.77. The van der Waals surface area contributed by atoms with E-state index in [0.717, 1.165) is 12.0 Å². The van der Waals surface area contributed by atoms with Crippen molar-refractivity contribution in [3.63, 3.8) is 0 Å². The quantitative estimate of drug-likeness (QED) is 0.779. The average Bonchev–Trinajstić information content (AvgIpc) is 2.17. The van der Waals surface area contributed by atoms with E-state index in [-0.39, 0.29) is 12.1 Å². The van der Waals surface area contributed by atoms with Gasteiger partial charge in [0.05, 0.1) is 6.10 Å². The maximum atomic E-state index is 9.77. The van der Waals surface area contributed by atoms with Crippen molar-refractivity contribution in [3.05, 3.63) is 35.9 Å². The van der Waals surface area contributed by atoms with Gasteiger partial charge in [-0.15, -0.1) is 0 Å². The molecular weight excluding hydrogens is 186 g/mol. The third-order valence-corrected chi connectivity index (χ3v) is 2.50. The van der Waals surface area contributed by atoms with Crippen LogP contribution in [0.5, 0.6) is 0 Å². The van der Waals surface area contributed by atoms with Gasteiger partial charge in [0.1, 0.15) is 0 Å². The summed E-state index contributed by atoms with van der Waals surface area (Å²) in [6.07, 6.45) is 1.17. The summed E-state index contributed by atoms with van der Waals surface area (Å²) in [5.41, 5.74) is 7.11. The van der Waals surface area contributed by atoms with Crippen molar-refractivity contribution in [2.24, 2.45) is 11.7 Å². The number of rotatable bonds is 5. The summed E-state index contributed by atoms with van der Waals surface area (Å²) in [5.74, 6) is 0.517. The maximum Gasteiger partial charge on any atom is 0.0560 e. The minimum atomic E-state index is -0.291. The first-order valence-corrected chi connectivity index (χ1v) is 5.58. The Labute approximate surface area is 92.1 Å². The standard InChI is InChI=1S/C13H21NO/c1-10(2)8-12(15)9-13(14)11-6-4-3-5-7-11/h3-7,10,12-13,15H,8-9,14H2,1-2H3/t12-,13+/m1/s1. The van der Waals surface area contributed by atoms with E-state index in [1.54, 1.807) is 0 Å². The van der Waals surface area contributed by atoms with Gasteiger partial charge in [0, 0.05) is 6.04 Å². The molecule has 2 heteroatoms. The summed E-state index contributed by atoms with van der Waals surface area (Å²) in [6, 6.07) is 9.88. The summed E-state index contributed by atoms with van der Waals surface area (Å²) < 4.78 is 0. The Balaban J connectivity index is 2.45. The summed E-state index contributed by atoms with van der Waals surface area (Å²) in [7, 11) is 0. The van der Waals surface area contributed by atoms with Crippen LogP contribution in [0.3, 0.4) is 0 Å². The molecule has 0 amide bonds. The zero-order valence-electron chi connectivity index (χ0n) is 9.56. The second-order valence-electron chi connectivity index (χ2n) is 4.54. The topological polar surface area (TPSA) is 46.2 Å². The molecule has 0 aliphatic carbocycles. The summed E-state index contributed by atoms with van der Waals surface area (Å²) in [4.78, 5) is 0. The van der Waals surface area contributed by atoms with Crippen LogP contribution >= 0.6 is 0 Å². The Morgan fingerprint density at radius 1 is 1.13 bits per heavy atom. The maximum absolute atomic E-state index is 9.77.